The predicted octanol–water partition coefficient (Wildman–Crippen LogP) is 5.19. The lowest BCUT2D eigenvalue weighted by molar-refractivity contribution is -0.113. The first kappa shape index (κ1) is 24.9. The minimum atomic E-state index is -0.533. The highest BCUT2D eigenvalue weighted by atomic mass is 16.5. The molecule has 2 heterocycles. The molecule has 0 radical (unpaired) electrons. The third-order valence-corrected chi connectivity index (χ3v) is 6.21. The molecule has 38 heavy (non-hydrogen) atoms. The smallest absolute Gasteiger partial charge is 0.255 e. The molecule has 0 unspecified atom stereocenters. The van der Waals surface area contributed by atoms with Crippen LogP contribution in [-0.4, -0.2) is 34.4 Å². The van der Waals surface area contributed by atoms with Gasteiger partial charge in [0.25, 0.3) is 5.91 Å². The molecule has 194 valence electrons. The summed E-state index contributed by atoms with van der Waals surface area (Å²) in [5.41, 5.74) is 3.72. The fraction of sp³-hybridized carbons (Fsp3) is 0.207. The third kappa shape index (κ3) is 5.17. The number of ether oxygens (including phenoxy) is 3. The number of nitrogens with zero attached hydrogens (tertiary/aromatic N) is 3. The molecule has 0 saturated carbocycles. The van der Waals surface area contributed by atoms with Gasteiger partial charge in [-0.2, -0.15) is 10.1 Å². The van der Waals surface area contributed by atoms with Crippen LogP contribution in [0, 0.1) is 0 Å². The number of rotatable bonds is 9. The monoisotopic (exact) mass is 511 g/mol. The van der Waals surface area contributed by atoms with Gasteiger partial charge in [0.2, 0.25) is 5.95 Å². The maximum Gasteiger partial charge on any atom is 0.255 e. The summed E-state index contributed by atoms with van der Waals surface area (Å²) in [6.07, 6.45) is 1.47. The van der Waals surface area contributed by atoms with E-state index < -0.39 is 6.04 Å². The summed E-state index contributed by atoms with van der Waals surface area (Å²) in [4.78, 5) is 18.0. The number of aromatic nitrogens is 3. The van der Waals surface area contributed by atoms with Crippen LogP contribution in [0.4, 0.5) is 11.6 Å². The molecular formula is C29H29N5O4. The number of nitrogens with one attached hydrogen (secondary N) is 2. The fourth-order valence-corrected chi connectivity index (χ4v) is 4.38. The molecule has 9 nitrogen and oxygen atoms in total. The third-order valence-electron chi connectivity index (χ3n) is 6.21. The second-order valence-corrected chi connectivity index (χ2v) is 8.69. The maximum absolute atomic E-state index is 13.6. The summed E-state index contributed by atoms with van der Waals surface area (Å²) in [5, 5.41) is 10.6. The molecule has 1 aliphatic heterocycles. The number of hydrogen-bond acceptors (Lipinski definition) is 7. The van der Waals surface area contributed by atoms with Crippen molar-refractivity contribution in [2.75, 3.05) is 24.4 Å². The highest BCUT2D eigenvalue weighted by Gasteiger charge is 2.34. The van der Waals surface area contributed by atoms with Gasteiger partial charge in [0, 0.05) is 11.4 Å². The zero-order chi connectivity index (χ0) is 26.5. The summed E-state index contributed by atoms with van der Waals surface area (Å²) in [5.74, 6) is 2.22. The van der Waals surface area contributed by atoms with Crippen LogP contribution in [-0.2, 0) is 11.4 Å². The van der Waals surface area contributed by atoms with Crippen LogP contribution in [0.5, 0.6) is 17.2 Å². The lowest BCUT2D eigenvalue weighted by Crippen LogP contribution is -2.31. The second kappa shape index (κ2) is 11.1. The highest BCUT2D eigenvalue weighted by Crippen LogP contribution is 2.39. The average molecular weight is 512 g/mol. The molecule has 5 rings (SSSR count). The largest absolute Gasteiger partial charge is 0.497 e. The van der Waals surface area contributed by atoms with Gasteiger partial charge in [-0.3, -0.25) is 4.79 Å². The van der Waals surface area contributed by atoms with Crippen molar-refractivity contribution < 1.29 is 19.0 Å². The summed E-state index contributed by atoms with van der Waals surface area (Å²) < 4.78 is 19.0. The number of carbonyl (C=O) groups excluding carboxylic acids is 1. The first-order valence-electron chi connectivity index (χ1n) is 12.3. The number of fused-ring (bicyclic) bond motifs is 1. The number of amides is 1. The lowest BCUT2D eigenvalue weighted by Gasteiger charge is -2.29. The van der Waals surface area contributed by atoms with Crippen LogP contribution in [0.15, 0.2) is 90.4 Å². The van der Waals surface area contributed by atoms with E-state index in [-0.39, 0.29) is 5.91 Å². The van der Waals surface area contributed by atoms with E-state index in [2.05, 4.69) is 20.7 Å². The fourth-order valence-electron chi connectivity index (χ4n) is 4.38. The van der Waals surface area contributed by atoms with Crippen LogP contribution in [0.25, 0.3) is 0 Å². The van der Waals surface area contributed by atoms with Crippen molar-refractivity contribution in [3.63, 3.8) is 0 Å². The van der Waals surface area contributed by atoms with Crippen LogP contribution < -0.4 is 24.8 Å². The molecule has 1 aromatic heterocycles. The van der Waals surface area contributed by atoms with E-state index in [4.69, 9.17) is 14.2 Å². The zero-order valence-corrected chi connectivity index (χ0v) is 21.5. The Bertz CT molecular complexity index is 1450. The topological polar surface area (TPSA) is 99.5 Å². The Morgan fingerprint density at radius 3 is 2.55 bits per heavy atom. The van der Waals surface area contributed by atoms with Crippen molar-refractivity contribution in [1.82, 2.24) is 14.8 Å². The van der Waals surface area contributed by atoms with Gasteiger partial charge >= 0.3 is 0 Å². The number of hydrogen-bond donors (Lipinski definition) is 2. The number of benzene rings is 3. The Morgan fingerprint density at radius 1 is 1.03 bits per heavy atom. The van der Waals surface area contributed by atoms with Crippen molar-refractivity contribution >= 4 is 17.5 Å². The van der Waals surface area contributed by atoms with Crippen molar-refractivity contribution in [2.45, 2.75) is 26.5 Å². The van der Waals surface area contributed by atoms with Crippen LogP contribution in [0.1, 0.15) is 31.0 Å². The molecule has 0 spiro atoms. The van der Waals surface area contributed by atoms with Gasteiger partial charge in [0.15, 0.2) is 11.5 Å². The maximum atomic E-state index is 13.6. The van der Waals surface area contributed by atoms with Crippen LogP contribution >= 0.6 is 0 Å². The molecule has 9 heteroatoms. The highest BCUT2D eigenvalue weighted by molar-refractivity contribution is 6.06. The van der Waals surface area contributed by atoms with Gasteiger partial charge in [-0.15, -0.1) is 0 Å². The van der Waals surface area contributed by atoms with Gasteiger partial charge < -0.3 is 24.8 Å². The van der Waals surface area contributed by atoms with Crippen LogP contribution in [0.2, 0.25) is 0 Å². The van der Waals surface area contributed by atoms with E-state index >= 15 is 0 Å². The molecule has 4 aromatic rings. The van der Waals surface area contributed by atoms with Gasteiger partial charge in [-0.25, -0.2) is 4.68 Å². The van der Waals surface area contributed by atoms with Crippen molar-refractivity contribution in [2.24, 2.45) is 0 Å². The van der Waals surface area contributed by atoms with Gasteiger partial charge in [0.1, 0.15) is 24.7 Å². The second-order valence-electron chi connectivity index (χ2n) is 8.69. The predicted molar refractivity (Wildman–Crippen MR) is 144 cm³/mol. The van der Waals surface area contributed by atoms with Crippen LogP contribution in [0.3, 0.4) is 0 Å². The molecule has 0 saturated heterocycles. The van der Waals surface area contributed by atoms with Gasteiger partial charge in [-0.05, 0) is 61.4 Å². The Morgan fingerprint density at radius 2 is 1.82 bits per heavy atom. The van der Waals surface area contributed by atoms with E-state index in [1.165, 1.54) is 6.33 Å². The number of anilines is 2. The lowest BCUT2D eigenvalue weighted by atomic mass is 9.94. The standard InChI is InChI=1S/C29H29N5O4/c1-4-37-25-16-21(10-15-24(25)38-17-20-8-6-5-7-9-20)27-26(19(2)32-29-30-18-31-34(27)29)28(35)33-22-11-13-23(36-3)14-12-22/h5-16,18,27H,4,17H2,1-3H3,(H,33,35)(H,30,31,32)/t27-/m0/s1. The van der Waals surface area contributed by atoms with Crippen molar-refractivity contribution in [1.29, 1.82) is 0 Å². The Balaban J connectivity index is 1.48. The van der Waals surface area contributed by atoms with Gasteiger partial charge in [0.05, 0.1) is 19.3 Å². The summed E-state index contributed by atoms with van der Waals surface area (Å²) in [6.45, 7) is 4.65. The summed E-state index contributed by atoms with van der Waals surface area (Å²) in [7, 11) is 1.60. The molecule has 0 fully saturated rings. The van der Waals surface area contributed by atoms with Crippen molar-refractivity contribution in [3.8, 4) is 17.2 Å². The molecule has 1 amide bonds. The zero-order valence-electron chi connectivity index (χ0n) is 21.5. The van der Waals surface area contributed by atoms with E-state index in [0.717, 1.165) is 11.1 Å². The minimum Gasteiger partial charge on any atom is -0.497 e. The molecular weight excluding hydrogens is 482 g/mol. The number of allylic oxidation sites excluding steroid dienone is 1. The molecule has 1 atom stereocenters. The molecule has 2 N–H and O–H groups in total. The molecule has 3 aromatic carbocycles. The number of carbonyl (C=O) groups is 1. The Kier molecular flexibility index (Phi) is 7.26. The Hall–Kier alpha value is -4.79. The minimum absolute atomic E-state index is 0.256. The SMILES string of the molecule is CCOc1cc([C@H]2C(C(=O)Nc3ccc(OC)cc3)=C(C)Nc3ncnn32)ccc1OCc1ccccc1. The van der Waals surface area contributed by atoms with Gasteiger partial charge in [-0.1, -0.05) is 36.4 Å². The average Bonchev–Trinajstić information content (AvgIpc) is 3.40. The summed E-state index contributed by atoms with van der Waals surface area (Å²) >= 11 is 0. The normalized spacial score (nSPS) is 14.3. The van der Waals surface area contributed by atoms with E-state index in [1.54, 1.807) is 36.1 Å². The first-order chi connectivity index (χ1) is 18.6. The van der Waals surface area contributed by atoms with E-state index in [1.807, 2.05) is 62.4 Å². The number of methoxy groups -OCH3 is 1. The van der Waals surface area contributed by atoms with E-state index in [9.17, 15) is 4.79 Å². The first-order valence-corrected chi connectivity index (χ1v) is 12.3. The molecule has 0 aliphatic carbocycles. The molecule has 1 aliphatic rings. The van der Waals surface area contributed by atoms with E-state index in [0.29, 0.717) is 53.4 Å². The quantitative estimate of drug-likeness (QED) is 0.319. The van der Waals surface area contributed by atoms with Crippen molar-refractivity contribution in [3.05, 3.63) is 102 Å². The molecule has 0 bridgehead atoms. The summed E-state index contributed by atoms with van der Waals surface area (Å²) in [6, 6.07) is 22.3. The Labute approximate surface area is 221 Å².